The molecule has 2 heterocycles. The number of fused-ring (bicyclic) bond motifs is 1. The number of benzene rings is 1. The second-order valence-corrected chi connectivity index (χ2v) is 6.70. The van der Waals surface area contributed by atoms with E-state index in [0.29, 0.717) is 25.1 Å². The van der Waals surface area contributed by atoms with Crippen LogP contribution in [0.3, 0.4) is 0 Å². The van der Waals surface area contributed by atoms with Gasteiger partial charge in [-0.3, -0.25) is 4.79 Å². The first-order valence-electron chi connectivity index (χ1n) is 9.13. The SMILES string of the molecule is CN(C)CCNc1ccc(C(=O)NCC[C@@H]2COc3ccccc3O2)cn1. The van der Waals surface area contributed by atoms with E-state index in [9.17, 15) is 4.79 Å². The largest absolute Gasteiger partial charge is 0.486 e. The molecule has 1 aromatic heterocycles. The molecule has 0 saturated carbocycles. The molecule has 1 aliphatic rings. The predicted molar refractivity (Wildman–Crippen MR) is 105 cm³/mol. The number of nitrogens with one attached hydrogen (secondary N) is 2. The van der Waals surface area contributed by atoms with Crippen LogP contribution in [0.4, 0.5) is 5.82 Å². The molecule has 27 heavy (non-hydrogen) atoms. The second-order valence-electron chi connectivity index (χ2n) is 6.70. The number of pyridine rings is 1. The Morgan fingerprint density at radius 3 is 2.74 bits per heavy atom. The molecule has 0 aliphatic carbocycles. The molecule has 0 unspecified atom stereocenters. The standard InChI is InChI=1S/C20H26N4O3/c1-24(2)12-11-21-19-8-7-15(13-23-19)20(25)22-10-9-16-14-26-17-5-3-4-6-18(17)27-16/h3-8,13,16H,9-12,14H2,1-2H3,(H,21,23)(H,22,25)/t16-/m1/s1. The van der Waals surface area contributed by atoms with E-state index in [1.807, 2.05) is 44.4 Å². The van der Waals surface area contributed by atoms with Crippen molar-refractivity contribution in [3.05, 3.63) is 48.2 Å². The molecule has 2 N–H and O–H groups in total. The maximum atomic E-state index is 12.2. The van der Waals surface area contributed by atoms with Gasteiger partial charge in [-0.05, 0) is 38.4 Å². The molecule has 0 bridgehead atoms. The van der Waals surface area contributed by atoms with Crippen LogP contribution < -0.4 is 20.1 Å². The summed E-state index contributed by atoms with van der Waals surface area (Å²) in [6.07, 6.45) is 2.20. The summed E-state index contributed by atoms with van der Waals surface area (Å²) in [5.41, 5.74) is 0.541. The summed E-state index contributed by atoms with van der Waals surface area (Å²) in [6.45, 7) is 2.72. The van der Waals surface area contributed by atoms with Gasteiger partial charge in [-0.2, -0.15) is 0 Å². The fourth-order valence-electron chi connectivity index (χ4n) is 2.69. The first-order chi connectivity index (χ1) is 13.1. The van der Waals surface area contributed by atoms with Crippen LogP contribution in [0.1, 0.15) is 16.8 Å². The van der Waals surface area contributed by atoms with Crippen molar-refractivity contribution < 1.29 is 14.3 Å². The van der Waals surface area contributed by atoms with Crippen LogP contribution in [0.25, 0.3) is 0 Å². The molecular formula is C20H26N4O3. The first kappa shape index (κ1) is 19.0. The van der Waals surface area contributed by atoms with Gasteiger partial charge in [0.15, 0.2) is 11.5 Å². The van der Waals surface area contributed by atoms with E-state index in [1.165, 1.54) is 0 Å². The molecule has 2 aromatic rings. The zero-order valence-electron chi connectivity index (χ0n) is 15.8. The van der Waals surface area contributed by atoms with E-state index in [-0.39, 0.29) is 12.0 Å². The van der Waals surface area contributed by atoms with Gasteiger partial charge < -0.3 is 25.0 Å². The molecule has 7 heteroatoms. The molecule has 3 rings (SSSR count). The van der Waals surface area contributed by atoms with Gasteiger partial charge in [0.25, 0.3) is 5.91 Å². The normalized spacial score (nSPS) is 15.4. The number of anilines is 1. The molecule has 1 atom stereocenters. The van der Waals surface area contributed by atoms with Crippen LogP contribution >= 0.6 is 0 Å². The highest BCUT2D eigenvalue weighted by Gasteiger charge is 2.20. The van der Waals surface area contributed by atoms with Crippen LogP contribution in [-0.2, 0) is 0 Å². The number of ether oxygens (including phenoxy) is 2. The highest BCUT2D eigenvalue weighted by atomic mass is 16.6. The molecule has 1 amide bonds. The highest BCUT2D eigenvalue weighted by Crippen LogP contribution is 2.31. The number of carbonyl (C=O) groups is 1. The van der Waals surface area contributed by atoms with Gasteiger partial charge in [-0.1, -0.05) is 12.1 Å². The van der Waals surface area contributed by atoms with Crippen molar-refractivity contribution in [2.75, 3.05) is 45.7 Å². The van der Waals surface area contributed by atoms with Gasteiger partial charge in [-0.25, -0.2) is 4.98 Å². The Balaban J connectivity index is 1.40. The van der Waals surface area contributed by atoms with Crippen LogP contribution in [-0.4, -0.2) is 62.2 Å². The van der Waals surface area contributed by atoms with Crippen molar-refractivity contribution in [3.63, 3.8) is 0 Å². The first-order valence-corrected chi connectivity index (χ1v) is 9.13. The van der Waals surface area contributed by atoms with Crippen LogP contribution in [0.2, 0.25) is 0 Å². The third-order valence-corrected chi connectivity index (χ3v) is 4.21. The molecule has 1 aliphatic heterocycles. The maximum absolute atomic E-state index is 12.2. The molecule has 0 saturated heterocycles. The summed E-state index contributed by atoms with van der Waals surface area (Å²) >= 11 is 0. The summed E-state index contributed by atoms with van der Waals surface area (Å²) in [5, 5.41) is 6.13. The van der Waals surface area contributed by atoms with Crippen molar-refractivity contribution in [2.45, 2.75) is 12.5 Å². The van der Waals surface area contributed by atoms with Crippen molar-refractivity contribution >= 4 is 11.7 Å². The molecular weight excluding hydrogens is 344 g/mol. The molecule has 1 aromatic carbocycles. The van der Waals surface area contributed by atoms with Gasteiger partial charge in [0.05, 0.1) is 5.56 Å². The molecule has 7 nitrogen and oxygen atoms in total. The smallest absolute Gasteiger partial charge is 0.252 e. The van der Waals surface area contributed by atoms with Crippen molar-refractivity contribution in [1.29, 1.82) is 0 Å². The average molecular weight is 370 g/mol. The van der Waals surface area contributed by atoms with Gasteiger partial charge in [0.1, 0.15) is 18.5 Å². The third-order valence-electron chi connectivity index (χ3n) is 4.21. The minimum absolute atomic E-state index is 0.0680. The van der Waals surface area contributed by atoms with E-state index >= 15 is 0 Å². The zero-order valence-corrected chi connectivity index (χ0v) is 15.8. The lowest BCUT2D eigenvalue weighted by Gasteiger charge is -2.26. The summed E-state index contributed by atoms with van der Waals surface area (Å²) in [4.78, 5) is 18.6. The predicted octanol–water partition coefficient (Wildman–Crippen LogP) is 2.01. The number of rotatable bonds is 8. The van der Waals surface area contributed by atoms with Gasteiger partial charge in [0.2, 0.25) is 0 Å². The molecule has 144 valence electrons. The Bertz CT molecular complexity index is 749. The summed E-state index contributed by atoms with van der Waals surface area (Å²) in [7, 11) is 4.04. The Labute approximate surface area is 159 Å². The number of carbonyl (C=O) groups excluding carboxylic acids is 1. The van der Waals surface area contributed by atoms with E-state index in [1.54, 1.807) is 12.3 Å². The average Bonchev–Trinajstić information content (AvgIpc) is 2.68. The number of hydrogen-bond donors (Lipinski definition) is 2. The Hall–Kier alpha value is -2.80. The number of aromatic nitrogens is 1. The fraction of sp³-hybridized carbons (Fsp3) is 0.400. The zero-order chi connectivity index (χ0) is 19.1. The van der Waals surface area contributed by atoms with Gasteiger partial charge >= 0.3 is 0 Å². The number of hydrogen-bond acceptors (Lipinski definition) is 6. The molecule has 0 radical (unpaired) electrons. The molecule has 0 spiro atoms. The third kappa shape index (κ3) is 5.59. The number of likely N-dealkylation sites (N-methyl/N-ethyl adjacent to an activating group) is 1. The Morgan fingerprint density at radius 1 is 1.19 bits per heavy atom. The lowest BCUT2D eigenvalue weighted by Crippen LogP contribution is -2.34. The lowest BCUT2D eigenvalue weighted by atomic mass is 10.2. The van der Waals surface area contributed by atoms with Crippen LogP contribution in [0, 0.1) is 0 Å². The maximum Gasteiger partial charge on any atom is 0.252 e. The number of para-hydroxylation sites is 2. The van der Waals surface area contributed by atoms with Crippen molar-refractivity contribution in [1.82, 2.24) is 15.2 Å². The summed E-state index contributed by atoms with van der Waals surface area (Å²) < 4.78 is 11.6. The summed E-state index contributed by atoms with van der Waals surface area (Å²) in [6, 6.07) is 11.2. The topological polar surface area (TPSA) is 75.7 Å². The van der Waals surface area contributed by atoms with E-state index in [4.69, 9.17) is 9.47 Å². The van der Waals surface area contributed by atoms with E-state index < -0.39 is 0 Å². The number of amides is 1. The second kappa shape index (κ2) is 9.23. The van der Waals surface area contributed by atoms with Gasteiger partial charge in [0, 0.05) is 32.3 Å². The highest BCUT2D eigenvalue weighted by molar-refractivity contribution is 5.94. The minimum Gasteiger partial charge on any atom is -0.486 e. The van der Waals surface area contributed by atoms with Crippen molar-refractivity contribution in [2.24, 2.45) is 0 Å². The molecule has 0 fully saturated rings. The van der Waals surface area contributed by atoms with Crippen molar-refractivity contribution in [3.8, 4) is 11.5 Å². The van der Waals surface area contributed by atoms with E-state index in [0.717, 1.165) is 30.4 Å². The quantitative estimate of drug-likeness (QED) is 0.740. The monoisotopic (exact) mass is 370 g/mol. The van der Waals surface area contributed by atoms with Crippen LogP contribution in [0.15, 0.2) is 42.6 Å². The van der Waals surface area contributed by atoms with E-state index in [2.05, 4.69) is 20.5 Å². The Morgan fingerprint density at radius 2 is 2.00 bits per heavy atom. The number of nitrogens with zero attached hydrogens (tertiary/aromatic N) is 2. The van der Waals surface area contributed by atoms with Gasteiger partial charge in [-0.15, -0.1) is 0 Å². The minimum atomic E-state index is -0.139. The summed E-state index contributed by atoms with van der Waals surface area (Å²) in [5.74, 6) is 2.14. The lowest BCUT2D eigenvalue weighted by molar-refractivity contribution is 0.0812. The Kier molecular flexibility index (Phi) is 6.49. The fourth-order valence-corrected chi connectivity index (χ4v) is 2.69. The van der Waals surface area contributed by atoms with Crippen LogP contribution in [0.5, 0.6) is 11.5 Å².